The van der Waals surface area contributed by atoms with Gasteiger partial charge in [0.25, 0.3) is 5.56 Å². The Kier molecular flexibility index (Phi) is 2.96. The minimum absolute atomic E-state index is 0.0191. The normalized spacial score (nSPS) is 14.0. The highest BCUT2D eigenvalue weighted by molar-refractivity contribution is 5.68. The molecule has 3 heterocycles. The topological polar surface area (TPSA) is 51.8 Å². The van der Waals surface area contributed by atoms with E-state index in [4.69, 9.17) is 4.74 Å². The smallest absolute Gasteiger partial charge is 0.261 e. The van der Waals surface area contributed by atoms with Gasteiger partial charge >= 0.3 is 0 Å². The van der Waals surface area contributed by atoms with Gasteiger partial charge in [0.2, 0.25) is 5.95 Å². The summed E-state index contributed by atoms with van der Waals surface area (Å²) in [5.41, 5.74) is 0.668. The van der Waals surface area contributed by atoms with Gasteiger partial charge in [-0.25, -0.2) is 9.37 Å². The number of nitrogens with zero attached hydrogens (tertiary/aromatic N) is 4. The van der Waals surface area contributed by atoms with E-state index < -0.39 is 17.3 Å². The van der Waals surface area contributed by atoms with Gasteiger partial charge in [0.15, 0.2) is 5.82 Å². The zero-order chi connectivity index (χ0) is 17.0. The van der Waals surface area contributed by atoms with Crippen molar-refractivity contribution in [1.82, 2.24) is 14.0 Å². The highest BCUT2D eigenvalue weighted by Crippen LogP contribution is 2.37. The fourth-order valence-corrected chi connectivity index (χ4v) is 2.72. The van der Waals surface area contributed by atoms with Crippen LogP contribution in [0.5, 0.6) is 5.75 Å². The lowest BCUT2D eigenvalue weighted by Crippen LogP contribution is -2.27. The van der Waals surface area contributed by atoms with Gasteiger partial charge in [-0.05, 0) is 6.07 Å². The predicted octanol–water partition coefficient (Wildman–Crippen LogP) is 2.11. The Morgan fingerprint density at radius 1 is 1.25 bits per heavy atom. The second-order valence-corrected chi connectivity index (χ2v) is 5.45. The number of ether oxygens (including phenoxy) is 1. The van der Waals surface area contributed by atoms with Crippen molar-refractivity contribution in [1.29, 1.82) is 0 Å². The van der Waals surface area contributed by atoms with E-state index >= 15 is 0 Å². The molecule has 24 heavy (non-hydrogen) atoms. The van der Waals surface area contributed by atoms with E-state index in [0.717, 1.165) is 15.0 Å². The van der Waals surface area contributed by atoms with Crippen molar-refractivity contribution in [2.75, 3.05) is 18.6 Å². The van der Waals surface area contributed by atoms with Gasteiger partial charge in [-0.1, -0.05) is 6.58 Å². The molecule has 0 amide bonds. The van der Waals surface area contributed by atoms with E-state index in [2.05, 4.69) is 11.6 Å². The number of rotatable bonds is 1. The molecule has 1 aliphatic heterocycles. The van der Waals surface area contributed by atoms with E-state index in [1.807, 2.05) is 0 Å². The Hall–Kier alpha value is -3.16. The fourth-order valence-electron chi connectivity index (χ4n) is 2.72. The molecule has 0 N–H and O–H groups in total. The van der Waals surface area contributed by atoms with Crippen LogP contribution in [0.2, 0.25) is 0 Å². The molecule has 0 radical (unpaired) electrons. The number of likely N-dealkylation sites (N-methyl/N-ethyl adjacent to an activating group) is 1. The largest absolute Gasteiger partial charge is 0.485 e. The van der Waals surface area contributed by atoms with Crippen molar-refractivity contribution in [2.45, 2.75) is 0 Å². The van der Waals surface area contributed by atoms with Crippen molar-refractivity contribution in [3.05, 3.63) is 65.1 Å². The minimum atomic E-state index is -0.768. The van der Waals surface area contributed by atoms with Crippen molar-refractivity contribution in [3.8, 4) is 11.4 Å². The average molecular weight is 330 g/mol. The van der Waals surface area contributed by atoms with Crippen LogP contribution in [0.1, 0.15) is 0 Å². The Bertz CT molecular complexity index is 1050. The summed E-state index contributed by atoms with van der Waals surface area (Å²) in [6, 6.07) is 3.46. The van der Waals surface area contributed by atoms with Crippen LogP contribution in [0, 0.1) is 11.8 Å². The molecule has 0 spiro atoms. The first kappa shape index (κ1) is 14.4. The minimum Gasteiger partial charge on any atom is -0.485 e. The lowest BCUT2D eigenvalue weighted by atomic mass is 10.2. The number of anilines is 1. The van der Waals surface area contributed by atoms with Crippen LogP contribution in [0.15, 0.2) is 47.8 Å². The van der Waals surface area contributed by atoms with E-state index in [1.165, 1.54) is 24.7 Å². The standard InChI is InChI=1S/C16H12F2N4O2/c1-9-7-24-13-3-10(17)11(4-12(13)20(9)2)22-15-6-19-8-21(15)14(18)5-16(22)23/h3-6,8H,1,7H2,2H3. The predicted molar refractivity (Wildman–Crippen MR) is 83.7 cm³/mol. The second-order valence-electron chi connectivity index (χ2n) is 5.45. The molecule has 0 saturated carbocycles. The maximum atomic E-state index is 14.6. The Labute approximate surface area is 134 Å². The van der Waals surface area contributed by atoms with Crippen LogP contribution in [0.4, 0.5) is 14.5 Å². The molecular weight excluding hydrogens is 318 g/mol. The highest BCUT2D eigenvalue weighted by atomic mass is 19.1. The lowest BCUT2D eigenvalue weighted by Gasteiger charge is -2.30. The van der Waals surface area contributed by atoms with Crippen molar-refractivity contribution in [2.24, 2.45) is 0 Å². The number of halogens is 2. The molecule has 0 fully saturated rings. The van der Waals surface area contributed by atoms with Gasteiger partial charge in [-0.15, -0.1) is 0 Å². The molecule has 122 valence electrons. The summed E-state index contributed by atoms with van der Waals surface area (Å²) in [6.07, 6.45) is 2.51. The summed E-state index contributed by atoms with van der Waals surface area (Å²) < 4.78 is 36.0. The molecule has 4 rings (SSSR count). The molecule has 3 aromatic rings. The molecule has 2 aromatic heterocycles. The van der Waals surface area contributed by atoms with Crippen LogP contribution in [-0.2, 0) is 0 Å². The molecule has 1 aromatic carbocycles. The summed E-state index contributed by atoms with van der Waals surface area (Å²) in [5.74, 6) is -1.08. The SMILES string of the molecule is C=C1COc2cc(F)c(-n3c(=O)cc(F)n4cncc34)cc2N1C. The third-order valence-electron chi connectivity index (χ3n) is 4.04. The van der Waals surface area contributed by atoms with Gasteiger partial charge in [-0.3, -0.25) is 13.8 Å². The van der Waals surface area contributed by atoms with Crippen LogP contribution in [0.25, 0.3) is 11.3 Å². The second kappa shape index (κ2) is 4.92. The van der Waals surface area contributed by atoms with Crippen molar-refractivity contribution < 1.29 is 13.5 Å². The summed E-state index contributed by atoms with van der Waals surface area (Å²) in [6.45, 7) is 4.12. The number of benzene rings is 1. The number of hydrogen-bond acceptors (Lipinski definition) is 4. The Balaban J connectivity index is 2.04. The maximum absolute atomic E-state index is 14.6. The quantitative estimate of drug-likeness (QED) is 0.641. The molecule has 0 aliphatic carbocycles. The van der Waals surface area contributed by atoms with Gasteiger partial charge in [0.1, 0.15) is 24.3 Å². The third kappa shape index (κ3) is 1.92. The fraction of sp³-hybridized carbons (Fsp3) is 0.125. The highest BCUT2D eigenvalue weighted by Gasteiger charge is 2.23. The van der Waals surface area contributed by atoms with E-state index in [1.54, 1.807) is 11.9 Å². The number of aromatic nitrogens is 3. The zero-order valence-electron chi connectivity index (χ0n) is 12.7. The van der Waals surface area contributed by atoms with Crippen LogP contribution in [0.3, 0.4) is 0 Å². The molecule has 8 heteroatoms. The number of fused-ring (bicyclic) bond motifs is 2. The Morgan fingerprint density at radius 2 is 2.04 bits per heavy atom. The zero-order valence-corrected chi connectivity index (χ0v) is 12.7. The average Bonchev–Trinajstić information content (AvgIpc) is 3.02. The lowest BCUT2D eigenvalue weighted by molar-refractivity contribution is 0.336. The first-order valence-corrected chi connectivity index (χ1v) is 7.09. The number of imidazole rings is 1. The van der Waals surface area contributed by atoms with Crippen molar-refractivity contribution in [3.63, 3.8) is 0 Å². The first-order valence-electron chi connectivity index (χ1n) is 7.09. The van der Waals surface area contributed by atoms with Crippen LogP contribution in [-0.4, -0.2) is 27.6 Å². The van der Waals surface area contributed by atoms with Crippen molar-refractivity contribution >= 4 is 11.3 Å². The van der Waals surface area contributed by atoms with Gasteiger partial charge in [0.05, 0.1) is 23.6 Å². The molecular formula is C16H12F2N4O2. The number of hydrogen-bond donors (Lipinski definition) is 0. The van der Waals surface area contributed by atoms with Gasteiger partial charge < -0.3 is 9.64 Å². The van der Waals surface area contributed by atoms with Crippen LogP contribution >= 0.6 is 0 Å². The molecule has 0 atom stereocenters. The Morgan fingerprint density at radius 3 is 2.83 bits per heavy atom. The third-order valence-corrected chi connectivity index (χ3v) is 4.04. The molecule has 0 bridgehead atoms. The first-order chi connectivity index (χ1) is 11.5. The van der Waals surface area contributed by atoms with Gasteiger partial charge in [0, 0.05) is 18.8 Å². The maximum Gasteiger partial charge on any atom is 0.261 e. The monoisotopic (exact) mass is 330 g/mol. The molecule has 0 saturated heterocycles. The summed E-state index contributed by atoms with van der Waals surface area (Å²) in [5, 5.41) is 0. The van der Waals surface area contributed by atoms with E-state index in [0.29, 0.717) is 17.1 Å². The van der Waals surface area contributed by atoms with E-state index in [9.17, 15) is 13.6 Å². The molecule has 0 unspecified atom stereocenters. The molecule has 1 aliphatic rings. The molecule has 6 nitrogen and oxygen atoms in total. The summed E-state index contributed by atoms with van der Waals surface area (Å²) in [7, 11) is 1.77. The summed E-state index contributed by atoms with van der Waals surface area (Å²) >= 11 is 0. The van der Waals surface area contributed by atoms with E-state index in [-0.39, 0.29) is 17.9 Å². The van der Waals surface area contributed by atoms with Crippen LogP contribution < -0.4 is 15.2 Å². The summed E-state index contributed by atoms with van der Waals surface area (Å²) in [4.78, 5) is 17.9. The van der Waals surface area contributed by atoms with Gasteiger partial charge in [-0.2, -0.15) is 4.39 Å².